The van der Waals surface area contributed by atoms with E-state index in [1.165, 1.54) is 18.9 Å². The summed E-state index contributed by atoms with van der Waals surface area (Å²) in [6.45, 7) is 2.07. The summed E-state index contributed by atoms with van der Waals surface area (Å²) < 4.78 is 0. The van der Waals surface area contributed by atoms with Gasteiger partial charge in [0.05, 0.1) is 5.69 Å². The van der Waals surface area contributed by atoms with Gasteiger partial charge in [-0.3, -0.25) is 9.69 Å². The zero-order valence-electron chi connectivity index (χ0n) is 13.5. The Hall–Kier alpha value is -2.34. The summed E-state index contributed by atoms with van der Waals surface area (Å²) in [5, 5.41) is 19.0. The standard InChI is InChI=1S/C18H21N3O3/c22-15-4-3-12(7-16(15)23)9-21-6-5-13-14(10-21)19-17(20-18(13)24)8-11-1-2-11/h3-4,7,11,22-23H,1-2,5-6,8-10H2,(H,19,20,24). The van der Waals surface area contributed by atoms with E-state index in [-0.39, 0.29) is 17.1 Å². The molecule has 2 aromatic rings. The van der Waals surface area contributed by atoms with Crippen molar-refractivity contribution in [2.75, 3.05) is 6.54 Å². The molecule has 1 aliphatic carbocycles. The van der Waals surface area contributed by atoms with Crippen LogP contribution in [-0.4, -0.2) is 31.6 Å². The minimum Gasteiger partial charge on any atom is -0.504 e. The number of hydrogen-bond donors (Lipinski definition) is 3. The molecule has 3 N–H and O–H groups in total. The summed E-state index contributed by atoms with van der Waals surface area (Å²) in [6.07, 6.45) is 4.02. The Bertz CT molecular complexity index is 827. The number of aromatic nitrogens is 2. The molecule has 24 heavy (non-hydrogen) atoms. The lowest BCUT2D eigenvalue weighted by Crippen LogP contribution is -2.35. The van der Waals surface area contributed by atoms with Gasteiger partial charge in [0.1, 0.15) is 5.82 Å². The van der Waals surface area contributed by atoms with Crippen molar-refractivity contribution in [3.8, 4) is 11.5 Å². The molecule has 0 atom stereocenters. The normalized spacial score (nSPS) is 17.7. The van der Waals surface area contributed by atoms with Crippen LogP contribution in [-0.2, 0) is 25.9 Å². The van der Waals surface area contributed by atoms with Crippen LogP contribution in [0.15, 0.2) is 23.0 Å². The maximum Gasteiger partial charge on any atom is 0.254 e. The number of hydrogen-bond acceptors (Lipinski definition) is 5. The van der Waals surface area contributed by atoms with Gasteiger partial charge in [-0.25, -0.2) is 4.98 Å². The van der Waals surface area contributed by atoms with Gasteiger partial charge in [0.25, 0.3) is 5.56 Å². The van der Waals surface area contributed by atoms with Crippen LogP contribution in [0.3, 0.4) is 0 Å². The average molecular weight is 327 g/mol. The number of phenolic OH excluding ortho intramolecular Hbond substituents is 2. The molecule has 1 saturated carbocycles. The number of fused-ring (bicyclic) bond motifs is 1. The van der Waals surface area contributed by atoms with Gasteiger partial charge in [-0.05, 0) is 42.9 Å². The van der Waals surface area contributed by atoms with Crippen molar-refractivity contribution in [3.63, 3.8) is 0 Å². The highest BCUT2D eigenvalue weighted by molar-refractivity contribution is 5.40. The van der Waals surface area contributed by atoms with Crippen LogP contribution in [0.1, 0.15) is 35.5 Å². The molecular weight excluding hydrogens is 306 g/mol. The minimum atomic E-state index is -0.111. The molecule has 4 rings (SSSR count). The fourth-order valence-electron chi connectivity index (χ4n) is 3.30. The summed E-state index contributed by atoms with van der Waals surface area (Å²) in [5.41, 5.74) is 2.62. The van der Waals surface area contributed by atoms with E-state index in [1.807, 2.05) is 0 Å². The molecule has 1 aromatic carbocycles. The summed E-state index contributed by atoms with van der Waals surface area (Å²) in [4.78, 5) is 22.1. The second-order valence-electron chi connectivity index (χ2n) is 6.87. The highest BCUT2D eigenvalue weighted by Gasteiger charge is 2.25. The third-order valence-electron chi connectivity index (χ3n) is 4.83. The first-order valence-electron chi connectivity index (χ1n) is 8.42. The Balaban J connectivity index is 1.52. The van der Waals surface area contributed by atoms with Gasteiger partial charge in [-0.2, -0.15) is 0 Å². The van der Waals surface area contributed by atoms with Crippen molar-refractivity contribution in [2.24, 2.45) is 5.92 Å². The predicted octanol–water partition coefficient (Wildman–Crippen LogP) is 1.69. The molecular formula is C18H21N3O3. The SMILES string of the molecule is O=c1[nH]c(CC2CC2)nc2c1CCN(Cc1ccc(O)c(O)c1)C2. The van der Waals surface area contributed by atoms with Crippen molar-refractivity contribution in [2.45, 2.75) is 38.8 Å². The molecule has 1 aliphatic heterocycles. The van der Waals surface area contributed by atoms with Crippen molar-refractivity contribution in [1.82, 2.24) is 14.9 Å². The van der Waals surface area contributed by atoms with Crippen LogP contribution < -0.4 is 5.56 Å². The summed E-state index contributed by atoms with van der Waals surface area (Å²) in [7, 11) is 0. The number of H-pyrrole nitrogens is 1. The molecule has 0 radical (unpaired) electrons. The molecule has 2 heterocycles. The molecule has 0 bridgehead atoms. The van der Waals surface area contributed by atoms with E-state index in [0.717, 1.165) is 35.6 Å². The average Bonchev–Trinajstić information content (AvgIpc) is 3.35. The van der Waals surface area contributed by atoms with Crippen molar-refractivity contribution >= 4 is 0 Å². The van der Waals surface area contributed by atoms with Crippen LogP contribution in [0.4, 0.5) is 0 Å². The van der Waals surface area contributed by atoms with Crippen LogP contribution >= 0.6 is 0 Å². The van der Waals surface area contributed by atoms with E-state index in [0.29, 0.717) is 25.4 Å². The molecule has 6 nitrogen and oxygen atoms in total. The lowest BCUT2D eigenvalue weighted by Gasteiger charge is -2.27. The highest BCUT2D eigenvalue weighted by atomic mass is 16.3. The van der Waals surface area contributed by atoms with Crippen molar-refractivity contribution in [3.05, 3.63) is 51.2 Å². The van der Waals surface area contributed by atoms with Gasteiger partial charge in [0, 0.05) is 31.6 Å². The molecule has 2 aliphatic rings. The smallest absolute Gasteiger partial charge is 0.254 e. The second kappa shape index (κ2) is 5.94. The fraction of sp³-hybridized carbons (Fsp3) is 0.444. The topological polar surface area (TPSA) is 89.5 Å². The van der Waals surface area contributed by atoms with Gasteiger partial charge >= 0.3 is 0 Å². The van der Waals surface area contributed by atoms with Gasteiger partial charge in [0.15, 0.2) is 11.5 Å². The van der Waals surface area contributed by atoms with E-state index >= 15 is 0 Å². The van der Waals surface area contributed by atoms with Crippen LogP contribution in [0.5, 0.6) is 11.5 Å². The van der Waals surface area contributed by atoms with Gasteiger partial charge in [-0.1, -0.05) is 6.07 Å². The number of benzene rings is 1. The number of aromatic hydroxyl groups is 2. The Kier molecular flexibility index (Phi) is 3.76. The molecule has 126 valence electrons. The van der Waals surface area contributed by atoms with E-state index in [9.17, 15) is 15.0 Å². The van der Waals surface area contributed by atoms with Crippen molar-refractivity contribution in [1.29, 1.82) is 0 Å². The Labute approximate surface area is 139 Å². The number of nitrogens with one attached hydrogen (secondary N) is 1. The van der Waals surface area contributed by atoms with Crippen LogP contribution in [0, 0.1) is 5.92 Å². The maximum atomic E-state index is 12.3. The fourth-order valence-corrected chi connectivity index (χ4v) is 3.30. The van der Waals surface area contributed by atoms with Crippen LogP contribution in [0.2, 0.25) is 0 Å². The molecule has 6 heteroatoms. The summed E-state index contributed by atoms with van der Waals surface area (Å²) >= 11 is 0. The highest BCUT2D eigenvalue weighted by Crippen LogP contribution is 2.31. The predicted molar refractivity (Wildman–Crippen MR) is 88.9 cm³/mol. The van der Waals surface area contributed by atoms with E-state index in [1.54, 1.807) is 12.1 Å². The molecule has 1 fully saturated rings. The maximum absolute atomic E-state index is 12.3. The van der Waals surface area contributed by atoms with E-state index < -0.39 is 0 Å². The first-order valence-corrected chi connectivity index (χ1v) is 8.42. The molecule has 0 amide bonds. The third kappa shape index (κ3) is 3.14. The second-order valence-corrected chi connectivity index (χ2v) is 6.87. The Morgan fingerprint density at radius 1 is 1.25 bits per heavy atom. The summed E-state index contributed by atoms with van der Waals surface area (Å²) in [6, 6.07) is 4.88. The van der Waals surface area contributed by atoms with Gasteiger partial charge < -0.3 is 15.2 Å². The van der Waals surface area contributed by atoms with Gasteiger partial charge in [0.2, 0.25) is 0 Å². The van der Waals surface area contributed by atoms with Gasteiger partial charge in [-0.15, -0.1) is 0 Å². The molecule has 0 spiro atoms. The van der Waals surface area contributed by atoms with E-state index in [4.69, 9.17) is 4.98 Å². The quantitative estimate of drug-likeness (QED) is 0.744. The number of rotatable bonds is 4. The first-order chi connectivity index (χ1) is 11.6. The Morgan fingerprint density at radius 3 is 2.83 bits per heavy atom. The van der Waals surface area contributed by atoms with Crippen LogP contribution in [0.25, 0.3) is 0 Å². The Morgan fingerprint density at radius 2 is 2.08 bits per heavy atom. The third-order valence-corrected chi connectivity index (χ3v) is 4.83. The number of phenols is 2. The zero-order valence-corrected chi connectivity index (χ0v) is 13.5. The molecule has 0 unspecified atom stereocenters. The lowest BCUT2D eigenvalue weighted by atomic mass is 10.0. The number of aromatic amines is 1. The lowest BCUT2D eigenvalue weighted by molar-refractivity contribution is 0.239. The summed E-state index contributed by atoms with van der Waals surface area (Å²) in [5.74, 6) is 1.28. The molecule has 0 saturated heterocycles. The monoisotopic (exact) mass is 327 g/mol. The molecule has 1 aromatic heterocycles. The van der Waals surface area contributed by atoms with E-state index in [2.05, 4.69) is 9.88 Å². The largest absolute Gasteiger partial charge is 0.504 e. The zero-order chi connectivity index (χ0) is 16.7. The first kappa shape index (κ1) is 15.2. The number of nitrogens with zero attached hydrogens (tertiary/aromatic N) is 2. The minimum absolute atomic E-state index is 0.0116. The van der Waals surface area contributed by atoms with Crippen molar-refractivity contribution < 1.29 is 10.2 Å².